The van der Waals surface area contributed by atoms with E-state index >= 15 is 0 Å². The summed E-state index contributed by atoms with van der Waals surface area (Å²) in [6.45, 7) is 14.2. The molecular formula is C14H30O5Si. The highest BCUT2D eigenvalue weighted by Gasteiger charge is 2.62. The van der Waals surface area contributed by atoms with E-state index in [9.17, 15) is 0 Å². The Morgan fingerprint density at radius 1 is 0.900 bits per heavy atom. The SMILES string of the molecule is CCOC1(OCC)O[Si](OCC)(OCC)CCC1(C)C. The van der Waals surface area contributed by atoms with Gasteiger partial charge < -0.3 is 22.8 Å². The zero-order valence-electron chi connectivity index (χ0n) is 13.8. The summed E-state index contributed by atoms with van der Waals surface area (Å²) >= 11 is 0. The van der Waals surface area contributed by atoms with Crippen LogP contribution in [0.2, 0.25) is 6.04 Å². The van der Waals surface area contributed by atoms with Crippen molar-refractivity contribution in [3.05, 3.63) is 0 Å². The average molecular weight is 306 g/mol. The number of hydrogen-bond donors (Lipinski definition) is 0. The van der Waals surface area contributed by atoms with Crippen molar-refractivity contribution in [2.24, 2.45) is 5.41 Å². The number of hydrogen-bond acceptors (Lipinski definition) is 5. The summed E-state index contributed by atoms with van der Waals surface area (Å²) < 4.78 is 29.9. The van der Waals surface area contributed by atoms with E-state index in [2.05, 4.69) is 13.8 Å². The Morgan fingerprint density at radius 3 is 1.80 bits per heavy atom. The molecule has 0 spiro atoms. The lowest BCUT2D eigenvalue weighted by Gasteiger charge is -2.52. The molecule has 0 aliphatic carbocycles. The monoisotopic (exact) mass is 306 g/mol. The molecule has 1 fully saturated rings. The van der Waals surface area contributed by atoms with Crippen LogP contribution in [0.3, 0.4) is 0 Å². The molecule has 0 saturated carbocycles. The molecule has 0 radical (unpaired) electrons. The Morgan fingerprint density at radius 2 is 1.40 bits per heavy atom. The van der Waals surface area contributed by atoms with E-state index in [4.69, 9.17) is 22.8 Å². The highest BCUT2D eigenvalue weighted by atomic mass is 28.4. The minimum Gasteiger partial charge on any atom is -0.374 e. The molecule has 5 nitrogen and oxygen atoms in total. The van der Waals surface area contributed by atoms with Gasteiger partial charge in [-0.2, -0.15) is 0 Å². The molecule has 20 heavy (non-hydrogen) atoms. The van der Waals surface area contributed by atoms with E-state index < -0.39 is 14.8 Å². The molecule has 1 aliphatic heterocycles. The van der Waals surface area contributed by atoms with Crippen LogP contribution in [0.25, 0.3) is 0 Å². The van der Waals surface area contributed by atoms with Gasteiger partial charge in [0, 0.05) is 37.9 Å². The zero-order chi connectivity index (χ0) is 15.3. The zero-order valence-corrected chi connectivity index (χ0v) is 14.8. The van der Waals surface area contributed by atoms with Gasteiger partial charge in [0.1, 0.15) is 0 Å². The van der Waals surface area contributed by atoms with Gasteiger partial charge in [-0.15, -0.1) is 0 Å². The van der Waals surface area contributed by atoms with Crippen molar-refractivity contribution in [2.75, 3.05) is 26.4 Å². The molecular weight excluding hydrogens is 276 g/mol. The lowest BCUT2D eigenvalue weighted by molar-refractivity contribution is -0.410. The van der Waals surface area contributed by atoms with E-state index in [1.807, 2.05) is 27.7 Å². The van der Waals surface area contributed by atoms with Gasteiger partial charge in [-0.3, -0.25) is 0 Å². The molecule has 0 amide bonds. The Hall–Kier alpha value is 0.0169. The Bertz CT molecular complexity index is 283. The van der Waals surface area contributed by atoms with Gasteiger partial charge in [-0.25, -0.2) is 0 Å². The van der Waals surface area contributed by atoms with Crippen LogP contribution in [0.1, 0.15) is 48.0 Å². The lowest BCUT2D eigenvalue weighted by Crippen LogP contribution is -2.65. The van der Waals surface area contributed by atoms with Gasteiger partial charge in [0.25, 0.3) is 5.97 Å². The molecule has 0 aromatic carbocycles. The van der Waals surface area contributed by atoms with E-state index in [0.717, 1.165) is 12.5 Å². The molecule has 1 heterocycles. The first-order valence-corrected chi connectivity index (χ1v) is 9.60. The molecule has 0 N–H and O–H groups in total. The normalized spacial score (nSPS) is 23.7. The fourth-order valence-corrected chi connectivity index (χ4v) is 5.78. The standard InChI is InChI=1S/C14H30O5Si/c1-7-15-14(16-8-2)13(5,6)11-12-20(19-14,17-9-3)18-10-4/h7-12H2,1-6H3. The van der Waals surface area contributed by atoms with Crippen LogP contribution < -0.4 is 0 Å². The molecule has 1 saturated heterocycles. The van der Waals surface area contributed by atoms with Crippen LogP contribution in [0.15, 0.2) is 0 Å². The van der Waals surface area contributed by atoms with E-state index in [1.165, 1.54) is 0 Å². The predicted octanol–water partition coefficient (Wildman–Crippen LogP) is 3.17. The fraction of sp³-hybridized carbons (Fsp3) is 1.00. The summed E-state index contributed by atoms with van der Waals surface area (Å²) in [5.41, 5.74) is -0.246. The van der Waals surface area contributed by atoms with Gasteiger partial charge in [0.2, 0.25) is 0 Å². The molecule has 0 aromatic rings. The minimum absolute atomic E-state index is 0.246. The summed E-state index contributed by atoms with van der Waals surface area (Å²) in [4.78, 5) is 0. The molecule has 6 heteroatoms. The van der Waals surface area contributed by atoms with Gasteiger partial charge in [0.05, 0.1) is 0 Å². The highest BCUT2D eigenvalue weighted by molar-refractivity contribution is 6.61. The van der Waals surface area contributed by atoms with Gasteiger partial charge in [0.15, 0.2) is 0 Å². The first kappa shape index (κ1) is 18.1. The quantitative estimate of drug-likeness (QED) is 0.509. The number of ether oxygens (including phenoxy) is 2. The molecule has 0 atom stereocenters. The Kier molecular flexibility index (Phi) is 6.62. The summed E-state index contributed by atoms with van der Waals surface area (Å²) in [5, 5.41) is 0. The van der Waals surface area contributed by atoms with Crippen molar-refractivity contribution in [1.82, 2.24) is 0 Å². The summed E-state index contributed by atoms with van der Waals surface area (Å²) in [6.07, 6.45) is 0.888. The van der Waals surface area contributed by atoms with Crippen LogP contribution in [-0.4, -0.2) is 41.2 Å². The lowest BCUT2D eigenvalue weighted by atomic mass is 9.86. The molecule has 0 aromatic heterocycles. The van der Waals surface area contributed by atoms with Gasteiger partial charge in [-0.05, 0) is 34.1 Å². The Balaban J connectivity index is 3.07. The maximum Gasteiger partial charge on any atom is 0.504 e. The van der Waals surface area contributed by atoms with Gasteiger partial charge in [-0.1, -0.05) is 13.8 Å². The second-order valence-corrected chi connectivity index (χ2v) is 8.10. The summed E-state index contributed by atoms with van der Waals surface area (Å²) in [7, 11) is -2.73. The molecule has 120 valence electrons. The van der Waals surface area contributed by atoms with Crippen LogP contribution >= 0.6 is 0 Å². The third-order valence-corrected chi connectivity index (χ3v) is 6.47. The van der Waals surface area contributed by atoms with Crippen LogP contribution in [0, 0.1) is 5.41 Å². The van der Waals surface area contributed by atoms with E-state index in [1.54, 1.807) is 0 Å². The molecule has 1 aliphatic rings. The van der Waals surface area contributed by atoms with Crippen LogP contribution in [0.4, 0.5) is 0 Å². The molecule has 1 rings (SSSR count). The highest BCUT2D eigenvalue weighted by Crippen LogP contribution is 2.48. The third kappa shape index (κ3) is 3.61. The fourth-order valence-electron chi connectivity index (χ4n) is 2.57. The maximum absolute atomic E-state index is 6.29. The van der Waals surface area contributed by atoms with E-state index in [0.29, 0.717) is 26.4 Å². The smallest absolute Gasteiger partial charge is 0.374 e. The first-order chi connectivity index (χ1) is 9.41. The van der Waals surface area contributed by atoms with Crippen molar-refractivity contribution in [2.45, 2.75) is 60.0 Å². The third-order valence-electron chi connectivity index (χ3n) is 3.57. The summed E-state index contributed by atoms with van der Waals surface area (Å²) in [5.74, 6) is -1.08. The predicted molar refractivity (Wildman–Crippen MR) is 79.3 cm³/mol. The van der Waals surface area contributed by atoms with Crippen LogP contribution in [-0.2, 0) is 22.8 Å². The number of rotatable bonds is 8. The topological polar surface area (TPSA) is 46.2 Å². The van der Waals surface area contributed by atoms with Crippen LogP contribution in [0.5, 0.6) is 0 Å². The minimum atomic E-state index is -2.73. The maximum atomic E-state index is 6.29. The second-order valence-electron chi connectivity index (χ2n) is 5.46. The van der Waals surface area contributed by atoms with Crippen molar-refractivity contribution in [1.29, 1.82) is 0 Å². The Labute approximate surface area is 124 Å². The van der Waals surface area contributed by atoms with Crippen molar-refractivity contribution in [3.63, 3.8) is 0 Å². The largest absolute Gasteiger partial charge is 0.504 e. The summed E-state index contributed by atoms with van der Waals surface area (Å²) in [6, 6.07) is 0.795. The van der Waals surface area contributed by atoms with Crippen molar-refractivity contribution < 1.29 is 22.8 Å². The van der Waals surface area contributed by atoms with E-state index in [-0.39, 0.29) is 5.41 Å². The average Bonchev–Trinajstić information content (AvgIpc) is 2.36. The van der Waals surface area contributed by atoms with Crippen molar-refractivity contribution >= 4 is 8.80 Å². The molecule has 0 bridgehead atoms. The second kappa shape index (κ2) is 7.33. The van der Waals surface area contributed by atoms with Crippen molar-refractivity contribution in [3.8, 4) is 0 Å². The first-order valence-electron chi connectivity index (χ1n) is 7.66. The molecule has 0 unspecified atom stereocenters. The van der Waals surface area contributed by atoms with Gasteiger partial charge >= 0.3 is 8.80 Å².